The molecule has 0 spiro atoms. The zero-order valence-electron chi connectivity index (χ0n) is 48.8. The van der Waals surface area contributed by atoms with E-state index in [1.54, 1.807) is 25.3 Å². The maximum atomic E-state index is 13.0. The Bertz CT molecular complexity index is 3550. The number of hydrogen-bond donors (Lipinski definition) is 2. The summed E-state index contributed by atoms with van der Waals surface area (Å²) in [5.41, 5.74) is 14.0. The number of carbonyl (C=O) groups excluding carboxylic acids is 4. The van der Waals surface area contributed by atoms with Gasteiger partial charge in [0.15, 0.2) is 25.6 Å². The van der Waals surface area contributed by atoms with E-state index in [0.29, 0.717) is 59.3 Å². The number of ether oxygens (including phenoxy) is 8. The van der Waals surface area contributed by atoms with Crippen molar-refractivity contribution in [2.24, 2.45) is 0 Å². The molecule has 446 valence electrons. The molecule has 86 heavy (non-hydrogen) atoms. The molecule has 3 fully saturated rings. The number of allylic oxidation sites excluding steroid dienone is 5. The summed E-state index contributed by atoms with van der Waals surface area (Å²) in [6, 6.07) is 32.2. The number of phenols is 2. The minimum absolute atomic E-state index is 0.0202. The number of ketones is 4. The monoisotopic (exact) mass is 1170 g/mol. The second-order valence-electron chi connectivity index (χ2n) is 22.0. The predicted molar refractivity (Wildman–Crippen MR) is 323 cm³/mol. The van der Waals surface area contributed by atoms with Crippen LogP contribution >= 0.6 is 0 Å². The Morgan fingerprint density at radius 3 is 1.58 bits per heavy atom. The predicted octanol–water partition coefficient (Wildman–Crippen LogP) is 9.33. The van der Waals surface area contributed by atoms with Crippen LogP contribution in [0.4, 0.5) is 0 Å². The van der Waals surface area contributed by atoms with Gasteiger partial charge in [0, 0.05) is 81.7 Å². The first kappa shape index (κ1) is 59.3. The molecule has 6 aromatic rings. The lowest BCUT2D eigenvalue weighted by Crippen LogP contribution is -2.35. The molecule has 0 radical (unpaired) electrons. The van der Waals surface area contributed by atoms with E-state index in [-0.39, 0.29) is 54.5 Å². The summed E-state index contributed by atoms with van der Waals surface area (Å²) in [5.74, 6) is 4.33. The second-order valence-corrected chi connectivity index (χ2v) is 22.0. The number of morpholine rings is 3. The Labute approximate surface area is 500 Å². The van der Waals surface area contributed by atoms with Crippen LogP contribution in [0.1, 0.15) is 91.5 Å². The number of aryl methyl sites for hydroxylation is 2. The Kier molecular flexibility index (Phi) is 18.8. The molecule has 17 nitrogen and oxygen atoms in total. The van der Waals surface area contributed by atoms with Gasteiger partial charge < -0.3 is 48.1 Å². The number of aromatic hydroxyl groups is 2. The zero-order valence-corrected chi connectivity index (χ0v) is 48.8. The third kappa shape index (κ3) is 13.5. The maximum Gasteiger partial charge on any atom is 0.231 e. The largest absolute Gasteiger partial charge is 0.508 e. The van der Waals surface area contributed by atoms with Crippen LogP contribution in [-0.4, -0.2) is 154 Å². The van der Waals surface area contributed by atoms with Crippen LogP contribution in [-0.2, 0) is 51.4 Å². The number of fused-ring (bicyclic) bond motifs is 6. The Morgan fingerprint density at radius 2 is 0.977 bits per heavy atom. The molecule has 0 amide bonds. The van der Waals surface area contributed by atoms with Gasteiger partial charge in [-0.25, -0.2) is 0 Å². The van der Waals surface area contributed by atoms with Crippen molar-refractivity contribution in [1.29, 1.82) is 0 Å². The molecule has 2 aliphatic carbocycles. The first-order chi connectivity index (χ1) is 41.9. The summed E-state index contributed by atoms with van der Waals surface area (Å²) < 4.78 is 43.4. The normalized spacial score (nSPS) is 18.4. The SMILES string of the molecule is COC1=CCc2ccccc21.Cc1ccc2c(c1CN1CCOCC1)O/C(=C\C1=CCc3ccccc31)C2=O.Cc1ccc2c(c1CN1CCOCC1)OCC2=O.O=C1COc2c1ccc(O)c2CN1CCOCC1.O=C1COc2cc(O)ccc21. The molecule has 7 heterocycles. The number of Topliss-reactive ketones (excluding diaryl/α,β-unsaturated/α-hetero) is 4. The molecule has 17 heteroatoms. The molecular formula is C69H71N3O14. The smallest absolute Gasteiger partial charge is 0.231 e. The van der Waals surface area contributed by atoms with Crippen molar-refractivity contribution >= 4 is 34.5 Å². The molecule has 15 rings (SSSR count). The van der Waals surface area contributed by atoms with Crippen LogP contribution in [0.2, 0.25) is 0 Å². The minimum Gasteiger partial charge on any atom is -0.508 e. The van der Waals surface area contributed by atoms with Crippen molar-refractivity contribution in [2.75, 3.05) is 106 Å². The van der Waals surface area contributed by atoms with Crippen molar-refractivity contribution in [2.45, 2.75) is 46.3 Å². The number of phenolic OH excluding ortho intramolecular Hbond substituents is 2. The molecule has 0 unspecified atom stereocenters. The van der Waals surface area contributed by atoms with Crippen molar-refractivity contribution in [3.05, 3.63) is 199 Å². The highest BCUT2D eigenvalue weighted by atomic mass is 16.5. The minimum atomic E-state index is -0.0278. The van der Waals surface area contributed by atoms with E-state index in [1.165, 1.54) is 39.9 Å². The topological polar surface area (TPSA) is 192 Å². The molecular weight excluding hydrogens is 1090 g/mol. The fourth-order valence-electron chi connectivity index (χ4n) is 11.6. The number of rotatable bonds is 8. The molecule has 7 aliphatic heterocycles. The van der Waals surface area contributed by atoms with E-state index in [0.717, 1.165) is 137 Å². The third-order valence-corrected chi connectivity index (χ3v) is 16.4. The van der Waals surface area contributed by atoms with Crippen LogP contribution in [0.3, 0.4) is 0 Å². The summed E-state index contributed by atoms with van der Waals surface area (Å²) >= 11 is 0. The van der Waals surface area contributed by atoms with Crippen LogP contribution in [0.25, 0.3) is 11.3 Å². The van der Waals surface area contributed by atoms with Crippen LogP contribution in [0.15, 0.2) is 127 Å². The quantitative estimate of drug-likeness (QED) is 0.137. The molecule has 0 saturated carbocycles. The van der Waals surface area contributed by atoms with E-state index in [2.05, 4.69) is 77.1 Å². The number of hydrogen-bond acceptors (Lipinski definition) is 17. The lowest BCUT2D eigenvalue weighted by molar-refractivity contribution is 0.0335. The molecule has 3 saturated heterocycles. The average molecular weight is 1170 g/mol. The highest BCUT2D eigenvalue weighted by molar-refractivity contribution is 6.14. The van der Waals surface area contributed by atoms with Gasteiger partial charge in [-0.2, -0.15) is 0 Å². The van der Waals surface area contributed by atoms with Gasteiger partial charge in [0.1, 0.15) is 40.3 Å². The lowest BCUT2D eigenvalue weighted by Gasteiger charge is -2.27. The van der Waals surface area contributed by atoms with Crippen LogP contribution in [0.5, 0.6) is 34.5 Å². The molecule has 9 aliphatic rings. The highest BCUT2D eigenvalue weighted by Crippen LogP contribution is 2.40. The van der Waals surface area contributed by atoms with E-state index in [4.69, 9.17) is 43.0 Å². The van der Waals surface area contributed by atoms with Gasteiger partial charge in [-0.3, -0.25) is 33.9 Å². The van der Waals surface area contributed by atoms with Crippen LogP contribution < -0.4 is 18.9 Å². The van der Waals surface area contributed by atoms with E-state index in [9.17, 15) is 24.3 Å². The number of nitrogens with zero attached hydrogens (tertiary/aromatic N) is 3. The Balaban J connectivity index is 0.000000117. The highest BCUT2D eigenvalue weighted by Gasteiger charge is 2.33. The van der Waals surface area contributed by atoms with Crippen molar-refractivity contribution in [3.63, 3.8) is 0 Å². The summed E-state index contributed by atoms with van der Waals surface area (Å²) in [6.07, 6.45) is 8.10. The van der Waals surface area contributed by atoms with E-state index >= 15 is 0 Å². The number of benzene rings is 6. The second kappa shape index (κ2) is 27.3. The van der Waals surface area contributed by atoms with E-state index < -0.39 is 0 Å². The van der Waals surface area contributed by atoms with E-state index in [1.807, 2.05) is 42.5 Å². The summed E-state index contributed by atoms with van der Waals surface area (Å²) in [6.45, 7) is 16.6. The summed E-state index contributed by atoms with van der Waals surface area (Å²) in [5, 5.41) is 18.9. The first-order valence-electron chi connectivity index (χ1n) is 29.3. The Morgan fingerprint density at radius 1 is 0.500 bits per heavy atom. The average Bonchev–Trinajstić information content (AvgIpc) is 4.45. The number of methoxy groups -OCH3 is 1. The zero-order chi connectivity index (χ0) is 59.7. The van der Waals surface area contributed by atoms with Crippen molar-refractivity contribution in [3.8, 4) is 34.5 Å². The fourth-order valence-corrected chi connectivity index (χ4v) is 11.6. The summed E-state index contributed by atoms with van der Waals surface area (Å²) in [7, 11) is 1.72. The fraction of sp³-hybridized carbons (Fsp3) is 0.333. The standard InChI is InChI=1S/C24H23NO3.C14H17NO3.C13H15NO4.C10H10O.C8H6O3/c1-16-6-9-20-23(26)22(14-18-8-7-17-4-2-3-5-19(17)18)28-24(20)21(16)15-25-10-12-27-13-11-25;1-10-2-3-11-13(16)9-18-14(11)12(10)8-15-4-6-17-7-5-15;15-11-2-1-9-12(16)8-18-13(9)10(11)7-14-3-5-17-6-4-14;1-11-10-7-6-8-4-2-3-5-9(8)10;9-5-1-2-6-7(10)4-11-8(6)3-5/h2-6,8-9,14H,7,10-13,15H2,1H3;2-3H,4-9H2,1H3;1-2,15H,3-8H2;2-5,7H,6H2,1H3;1-3,9H,4H2/b22-14-;;;;. The first-order valence-corrected chi connectivity index (χ1v) is 29.3. The van der Waals surface area contributed by atoms with Gasteiger partial charge >= 0.3 is 0 Å². The van der Waals surface area contributed by atoms with Crippen molar-refractivity contribution < 1.29 is 67.3 Å². The third-order valence-electron chi connectivity index (χ3n) is 16.4. The van der Waals surface area contributed by atoms with Crippen molar-refractivity contribution in [1.82, 2.24) is 14.7 Å². The maximum absolute atomic E-state index is 13.0. The molecule has 0 atom stereocenters. The van der Waals surface area contributed by atoms with Crippen LogP contribution in [0, 0.1) is 13.8 Å². The van der Waals surface area contributed by atoms with Gasteiger partial charge in [0.05, 0.1) is 74.6 Å². The molecule has 0 aromatic heterocycles. The molecule has 2 N–H and O–H groups in total. The van der Waals surface area contributed by atoms with Gasteiger partial charge in [0.25, 0.3) is 0 Å². The molecule has 6 aromatic carbocycles. The molecule has 0 bridgehead atoms. The van der Waals surface area contributed by atoms with Gasteiger partial charge in [-0.15, -0.1) is 0 Å². The van der Waals surface area contributed by atoms with Gasteiger partial charge in [-0.1, -0.05) is 66.7 Å². The van der Waals surface area contributed by atoms with Gasteiger partial charge in [-0.05, 0) is 109 Å². The number of carbonyl (C=O) groups is 4. The summed E-state index contributed by atoms with van der Waals surface area (Å²) in [4.78, 5) is 54.1. The lowest BCUT2D eigenvalue weighted by atomic mass is 10.0. The Hall–Kier alpha value is -8.42. The van der Waals surface area contributed by atoms with Gasteiger partial charge in [0.2, 0.25) is 23.1 Å².